The van der Waals surface area contributed by atoms with Crippen molar-refractivity contribution < 1.29 is 23.1 Å². The minimum absolute atomic E-state index is 0.113. The zero-order valence-electron chi connectivity index (χ0n) is 10.5. The lowest BCUT2D eigenvalue weighted by Crippen LogP contribution is -2.60. The number of hydrogen-bond donors (Lipinski definition) is 3. The lowest BCUT2D eigenvalue weighted by atomic mass is 9.77. The minimum atomic E-state index is -3.72. The van der Waals surface area contributed by atoms with Crippen molar-refractivity contribution >= 4 is 33.2 Å². The van der Waals surface area contributed by atoms with Crippen LogP contribution in [0.2, 0.25) is 0 Å². The third-order valence-corrected chi connectivity index (χ3v) is 5.98. The molecule has 0 bridgehead atoms. The molecule has 0 radical (unpaired) electrons. The van der Waals surface area contributed by atoms with E-state index in [1.54, 1.807) is 11.4 Å². The Morgan fingerprint density at radius 2 is 2.10 bits per heavy atom. The van der Waals surface area contributed by atoms with Crippen molar-refractivity contribution in [1.29, 1.82) is 0 Å². The van der Waals surface area contributed by atoms with Crippen LogP contribution in [0.1, 0.15) is 19.3 Å². The predicted molar refractivity (Wildman–Crippen MR) is 71.9 cm³/mol. The summed E-state index contributed by atoms with van der Waals surface area (Å²) >= 11 is 1.04. The molecule has 9 heteroatoms. The molecule has 1 aliphatic carbocycles. The molecule has 1 heterocycles. The fourth-order valence-corrected chi connectivity index (χ4v) is 3.90. The Morgan fingerprint density at radius 1 is 1.40 bits per heavy atom. The van der Waals surface area contributed by atoms with Crippen molar-refractivity contribution in [2.24, 2.45) is 0 Å². The topological polar surface area (TPSA) is 113 Å². The number of aliphatic carboxylic acids is 1. The summed E-state index contributed by atoms with van der Waals surface area (Å²) in [5.74, 6) is -1.73. The first kappa shape index (κ1) is 14.9. The van der Waals surface area contributed by atoms with Gasteiger partial charge in [-0.05, 0) is 30.7 Å². The van der Waals surface area contributed by atoms with Crippen molar-refractivity contribution in [3.63, 3.8) is 0 Å². The molecule has 1 aromatic rings. The van der Waals surface area contributed by atoms with Gasteiger partial charge in [0.05, 0.1) is 6.54 Å². The number of thiophene rings is 1. The summed E-state index contributed by atoms with van der Waals surface area (Å²) < 4.78 is 25.8. The van der Waals surface area contributed by atoms with Crippen LogP contribution in [-0.4, -0.2) is 37.5 Å². The second kappa shape index (κ2) is 5.51. The van der Waals surface area contributed by atoms with E-state index in [-0.39, 0.29) is 4.21 Å². The largest absolute Gasteiger partial charge is 0.480 e. The predicted octanol–water partition coefficient (Wildman–Crippen LogP) is 0.150. The number of rotatable bonds is 6. The highest BCUT2D eigenvalue weighted by molar-refractivity contribution is 7.91. The average molecular weight is 318 g/mol. The number of carbonyl (C=O) groups is 2. The molecule has 1 fully saturated rings. The molecular formula is C11H14N2O5S2. The van der Waals surface area contributed by atoms with E-state index in [0.717, 1.165) is 17.8 Å². The number of hydrogen-bond acceptors (Lipinski definition) is 5. The molecule has 7 nitrogen and oxygen atoms in total. The Labute approximate surface area is 120 Å². The van der Waals surface area contributed by atoms with Crippen LogP contribution in [0.25, 0.3) is 0 Å². The van der Waals surface area contributed by atoms with Crippen LogP contribution in [0.5, 0.6) is 0 Å². The van der Waals surface area contributed by atoms with Crippen molar-refractivity contribution in [1.82, 2.24) is 10.0 Å². The van der Waals surface area contributed by atoms with Gasteiger partial charge >= 0.3 is 5.97 Å². The normalized spacial score (nSPS) is 17.2. The molecule has 1 saturated carbocycles. The second-order valence-corrected chi connectivity index (χ2v) is 7.49. The SMILES string of the molecule is O=C(CNS(=O)(=O)c1cccs1)NC1(C(=O)O)CCC1. The maximum atomic E-state index is 11.8. The lowest BCUT2D eigenvalue weighted by Gasteiger charge is -2.38. The molecule has 0 aliphatic heterocycles. The summed E-state index contributed by atoms with van der Waals surface area (Å²) in [6.45, 7) is -0.477. The van der Waals surface area contributed by atoms with E-state index in [0.29, 0.717) is 12.8 Å². The van der Waals surface area contributed by atoms with Gasteiger partial charge in [0, 0.05) is 0 Å². The van der Waals surface area contributed by atoms with Crippen LogP contribution in [0, 0.1) is 0 Å². The Bertz CT molecular complexity index is 605. The molecule has 20 heavy (non-hydrogen) atoms. The second-order valence-electron chi connectivity index (χ2n) is 4.55. The van der Waals surface area contributed by atoms with Gasteiger partial charge in [0.1, 0.15) is 9.75 Å². The Morgan fingerprint density at radius 3 is 2.55 bits per heavy atom. The van der Waals surface area contributed by atoms with Gasteiger partial charge in [0.15, 0.2) is 0 Å². The molecule has 0 spiro atoms. The molecule has 3 N–H and O–H groups in total. The van der Waals surface area contributed by atoms with E-state index in [1.165, 1.54) is 6.07 Å². The molecule has 2 rings (SSSR count). The van der Waals surface area contributed by atoms with Gasteiger partial charge in [0.2, 0.25) is 5.91 Å². The number of amides is 1. The summed E-state index contributed by atoms with van der Waals surface area (Å²) in [6, 6.07) is 3.02. The van der Waals surface area contributed by atoms with Crippen LogP contribution in [0.4, 0.5) is 0 Å². The van der Waals surface area contributed by atoms with E-state index in [9.17, 15) is 18.0 Å². The molecule has 0 atom stereocenters. The minimum Gasteiger partial charge on any atom is -0.480 e. The van der Waals surface area contributed by atoms with Crippen LogP contribution >= 0.6 is 11.3 Å². The van der Waals surface area contributed by atoms with Crippen molar-refractivity contribution in [3.05, 3.63) is 17.5 Å². The number of carboxylic acids is 1. The van der Waals surface area contributed by atoms with Crippen LogP contribution < -0.4 is 10.0 Å². The van der Waals surface area contributed by atoms with Gasteiger partial charge < -0.3 is 10.4 Å². The first-order chi connectivity index (χ1) is 9.36. The average Bonchev–Trinajstić information content (AvgIpc) is 2.85. The van der Waals surface area contributed by atoms with Gasteiger partial charge in [-0.3, -0.25) is 4.79 Å². The van der Waals surface area contributed by atoms with Crippen LogP contribution in [0.15, 0.2) is 21.7 Å². The summed E-state index contributed by atoms with van der Waals surface area (Å²) in [5, 5.41) is 13.1. The maximum absolute atomic E-state index is 11.8. The number of nitrogens with one attached hydrogen (secondary N) is 2. The van der Waals surface area contributed by atoms with Crippen molar-refractivity contribution in [2.45, 2.75) is 29.0 Å². The van der Waals surface area contributed by atoms with Crippen LogP contribution in [-0.2, 0) is 19.6 Å². The number of carbonyl (C=O) groups excluding carboxylic acids is 1. The highest BCUT2D eigenvalue weighted by Crippen LogP contribution is 2.31. The van der Waals surface area contributed by atoms with E-state index in [1.807, 2.05) is 0 Å². The monoisotopic (exact) mass is 318 g/mol. The van der Waals surface area contributed by atoms with Crippen molar-refractivity contribution in [3.8, 4) is 0 Å². The quantitative estimate of drug-likeness (QED) is 0.691. The maximum Gasteiger partial charge on any atom is 0.329 e. The summed E-state index contributed by atoms with van der Waals surface area (Å²) in [7, 11) is -3.72. The zero-order valence-corrected chi connectivity index (χ0v) is 12.1. The first-order valence-corrected chi connectivity index (χ1v) is 8.30. The van der Waals surface area contributed by atoms with Gasteiger partial charge in [-0.1, -0.05) is 6.07 Å². The van der Waals surface area contributed by atoms with E-state index in [4.69, 9.17) is 5.11 Å². The molecule has 0 saturated heterocycles. The highest BCUT2D eigenvalue weighted by atomic mass is 32.2. The fourth-order valence-electron chi connectivity index (χ4n) is 1.88. The van der Waals surface area contributed by atoms with Gasteiger partial charge in [-0.2, -0.15) is 0 Å². The Hall–Kier alpha value is -1.45. The van der Waals surface area contributed by atoms with Gasteiger partial charge in [-0.25, -0.2) is 17.9 Å². The zero-order chi connectivity index (χ0) is 14.8. The third kappa shape index (κ3) is 3.00. The van der Waals surface area contributed by atoms with Gasteiger partial charge in [0.25, 0.3) is 10.0 Å². The molecular weight excluding hydrogens is 304 g/mol. The molecule has 1 aliphatic rings. The van der Waals surface area contributed by atoms with Gasteiger partial charge in [-0.15, -0.1) is 11.3 Å². The van der Waals surface area contributed by atoms with E-state index in [2.05, 4.69) is 10.0 Å². The Kier molecular flexibility index (Phi) is 4.11. The molecule has 0 aromatic carbocycles. The van der Waals surface area contributed by atoms with Crippen LogP contribution in [0.3, 0.4) is 0 Å². The summed E-state index contributed by atoms with van der Waals surface area (Å²) in [5.41, 5.74) is -1.23. The van der Waals surface area contributed by atoms with Crippen molar-refractivity contribution in [2.75, 3.05) is 6.54 Å². The highest BCUT2D eigenvalue weighted by Gasteiger charge is 2.45. The van der Waals surface area contributed by atoms with E-state index >= 15 is 0 Å². The standard InChI is InChI=1S/C11H14N2O5S2/c14-8(13-11(10(15)16)4-2-5-11)7-12-20(17,18)9-3-1-6-19-9/h1,3,6,12H,2,4-5,7H2,(H,13,14)(H,15,16). The first-order valence-electron chi connectivity index (χ1n) is 5.93. The number of carboxylic acid groups (broad SMARTS) is 1. The third-order valence-electron chi connectivity index (χ3n) is 3.18. The lowest BCUT2D eigenvalue weighted by molar-refractivity contribution is -0.151. The Balaban J connectivity index is 1.92. The fraction of sp³-hybridized carbons (Fsp3) is 0.455. The number of sulfonamides is 1. The summed E-state index contributed by atoms with van der Waals surface area (Å²) in [4.78, 5) is 22.7. The molecule has 1 amide bonds. The molecule has 0 unspecified atom stereocenters. The van der Waals surface area contributed by atoms with E-state index < -0.39 is 34.0 Å². The summed E-state index contributed by atoms with van der Waals surface area (Å²) in [6.07, 6.45) is 1.46. The smallest absolute Gasteiger partial charge is 0.329 e. The molecule has 1 aromatic heterocycles. The molecule has 110 valence electrons.